The second kappa shape index (κ2) is 9.20. The van der Waals surface area contributed by atoms with E-state index in [1.165, 1.54) is 58.0 Å². The van der Waals surface area contributed by atoms with Crippen molar-refractivity contribution in [3.8, 4) is 0 Å². The fourth-order valence-electron chi connectivity index (χ4n) is 2.72. The maximum atomic E-state index is 10.6. The molecule has 1 atom stereocenters. The lowest BCUT2D eigenvalue weighted by atomic mass is 10.0. The van der Waals surface area contributed by atoms with Gasteiger partial charge in [0.05, 0.1) is 6.61 Å². The van der Waals surface area contributed by atoms with Crippen molar-refractivity contribution < 1.29 is 9.53 Å². The molecule has 0 spiro atoms. The van der Waals surface area contributed by atoms with Crippen molar-refractivity contribution in [1.82, 2.24) is 4.90 Å². The number of nitrogens with two attached hydrogens (primary N) is 1. The van der Waals surface area contributed by atoms with E-state index >= 15 is 0 Å². The maximum absolute atomic E-state index is 10.6. The summed E-state index contributed by atoms with van der Waals surface area (Å²) < 4.78 is 4.88. The van der Waals surface area contributed by atoms with Crippen LogP contribution in [0.5, 0.6) is 0 Å². The fourth-order valence-corrected chi connectivity index (χ4v) is 2.72. The van der Waals surface area contributed by atoms with Crippen molar-refractivity contribution in [2.45, 2.75) is 64.3 Å². The van der Waals surface area contributed by atoms with Crippen LogP contribution >= 0.6 is 0 Å². The Morgan fingerprint density at radius 2 is 1.94 bits per heavy atom. The smallest absolute Gasteiger partial charge is 0.404 e. The quantitative estimate of drug-likeness (QED) is 0.679. The number of carbonyl (C=O) groups is 1. The molecule has 1 unspecified atom stereocenters. The van der Waals surface area contributed by atoms with E-state index in [0.717, 1.165) is 6.42 Å². The highest BCUT2D eigenvalue weighted by Crippen LogP contribution is 2.19. The van der Waals surface area contributed by atoms with E-state index in [2.05, 4.69) is 11.8 Å². The number of rotatable bonds is 8. The van der Waals surface area contributed by atoms with Crippen molar-refractivity contribution in [1.29, 1.82) is 0 Å². The molecule has 1 fully saturated rings. The van der Waals surface area contributed by atoms with Gasteiger partial charge in [-0.15, -0.1) is 0 Å². The SMILES string of the molecule is CCCCCC(CCOC(N)=O)N1CCCCC1. The van der Waals surface area contributed by atoms with Gasteiger partial charge in [-0.3, -0.25) is 0 Å². The fraction of sp³-hybridized carbons (Fsp3) is 0.929. The summed E-state index contributed by atoms with van der Waals surface area (Å²) in [5, 5.41) is 0. The molecular weight excluding hydrogens is 228 g/mol. The number of piperidine rings is 1. The number of likely N-dealkylation sites (tertiary alicyclic amines) is 1. The number of unbranched alkanes of at least 4 members (excludes halogenated alkanes) is 2. The molecule has 0 bridgehead atoms. The van der Waals surface area contributed by atoms with Gasteiger partial charge in [-0.25, -0.2) is 4.79 Å². The Kier molecular flexibility index (Phi) is 7.81. The first-order valence-corrected chi connectivity index (χ1v) is 7.40. The second-order valence-electron chi connectivity index (χ2n) is 5.20. The Labute approximate surface area is 111 Å². The molecule has 0 saturated carbocycles. The van der Waals surface area contributed by atoms with Crippen LogP contribution in [-0.4, -0.2) is 36.7 Å². The van der Waals surface area contributed by atoms with E-state index in [9.17, 15) is 4.79 Å². The van der Waals surface area contributed by atoms with Crippen LogP contribution in [0.4, 0.5) is 4.79 Å². The van der Waals surface area contributed by atoms with E-state index in [4.69, 9.17) is 10.5 Å². The molecule has 4 nitrogen and oxygen atoms in total. The molecule has 1 heterocycles. The van der Waals surface area contributed by atoms with Crippen LogP contribution in [0.15, 0.2) is 0 Å². The van der Waals surface area contributed by atoms with Gasteiger partial charge in [-0.2, -0.15) is 0 Å². The van der Waals surface area contributed by atoms with Crippen LogP contribution in [0.1, 0.15) is 58.3 Å². The van der Waals surface area contributed by atoms with E-state index in [0.29, 0.717) is 12.6 Å². The molecule has 106 valence electrons. The van der Waals surface area contributed by atoms with E-state index < -0.39 is 6.09 Å². The summed E-state index contributed by atoms with van der Waals surface area (Å²) in [4.78, 5) is 13.2. The lowest BCUT2D eigenvalue weighted by Crippen LogP contribution is -2.40. The number of carbonyl (C=O) groups excluding carboxylic acids is 1. The van der Waals surface area contributed by atoms with Crippen LogP contribution < -0.4 is 5.73 Å². The van der Waals surface area contributed by atoms with E-state index in [1.807, 2.05) is 0 Å². The minimum Gasteiger partial charge on any atom is -0.450 e. The van der Waals surface area contributed by atoms with Crippen LogP contribution in [-0.2, 0) is 4.74 Å². The van der Waals surface area contributed by atoms with Crippen LogP contribution in [0.2, 0.25) is 0 Å². The number of hydrogen-bond donors (Lipinski definition) is 1. The summed E-state index contributed by atoms with van der Waals surface area (Å²) in [6, 6.07) is 0.566. The molecule has 1 aliphatic heterocycles. The van der Waals surface area contributed by atoms with Gasteiger partial charge in [0.2, 0.25) is 0 Å². The standard InChI is InChI=1S/C14H28N2O2/c1-2-3-5-8-13(9-12-18-14(15)17)16-10-6-4-7-11-16/h13H,2-12H2,1H3,(H2,15,17). The van der Waals surface area contributed by atoms with Gasteiger partial charge in [0, 0.05) is 6.04 Å². The van der Waals surface area contributed by atoms with Crippen molar-refractivity contribution in [2.75, 3.05) is 19.7 Å². The lowest BCUT2D eigenvalue weighted by molar-refractivity contribution is 0.109. The predicted octanol–water partition coefficient (Wildman–Crippen LogP) is 2.91. The molecule has 1 saturated heterocycles. The first-order chi connectivity index (χ1) is 8.74. The molecule has 1 aliphatic rings. The Morgan fingerprint density at radius 3 is 2.56 bits per heavy atom. The first-order valence-electron chi connectivity index (χ1n) is 7.40. The number of primary amides is 1. The lowest BCUT2D eigenvalue weighted by Gasteiger charge is -2.34. The zero-order chi connectivity index (χ0) is 13.2. The molecular formula is C14H28N2O2. The summed E-state index contributed by atoms with van der Waals surface area (Å²) in [6.07, 6.45) is 9.28. The molecule has 0 aliphatic carbocycles. The van der Waals surface area contributed by atoms with Gasteiger partial charge < -0.3 is 15.4 Å². The van der Waals surface area contributed by atoms with Crippen molar-refractivity contribution in [3.63, 3.8) is 0 Å². The average molecular weight is 256 g/mol. The number of hydrogen-bond acceptors (Lipinski definition) is 3. The Balaban J connectivity index is 2.32. The third kappa shape index (κ3) is 6.24. The zero-order valence-electron chi connectivity index (χ0n) is 11.7. The minimum absolute atomic E-state index is 0.461. The average Bonchev–Trinajstić information content (AvgIpc) is 2.38. The van der Waals surface area contributed by atoms with E-state index in [-0.39, 0.29) is 0 Å². The van der Waals surface area contributed by atoms with Crippen LogP contribution in [0.25, 0.3) is 0 Å². The summed E-state index contributed by atoms with van der Waals surface area (Å²) in [5.74, 6) is 0. The number of nitrogens with zero attached hydrogens (tertiary/aromatic N) is 1. The Bertz CT molecular complexity index is 228. The molecule has 1 amide bonds. The highest BCUT2D eigenvalue weighted by molar-refractivity contribution is 5.64. The second-order valence-corrected chi connectivity index (χ2v) is 5.20. The third-order valence-electron chi connectivity index (χ3n) is 3.74. The molecule has 18 heavy (non-hydrogen) atoms. The predicted molar refractivity (Wildman–Crippen MR) is 73.5 cm³/mol. The topological polar surface area (TPSA) is 55.6 Å². The van der Waals surface area contributed by atoms with Crippen molar-refractivity contribution in [3.05, 3.63) is 0 Å². The largest absolute Gasteiger partial charge is 0.450 e. The van der Waals surface area contributed by atoms with Gasteiger partial charge >= 0.3 is 6.09 Å². The van der Waals surface area contributed by atoms with Gasteiger partial charge in [-0.1, -0.05) is 32.6 Å². The molecule has 0 aromatic rings. The minimum atomic E-state index is -0.652. The summed E-state index contributed by atoms with van der Waals surface area (Å²) in [6.45, 7) is 5.09. The highest BCUT2D eigenvalue weighted by Gasteiger charge is 2.20. The molecule has 0 aromatic heterocycles. The molecule has 0 aromatic carbocycles. The first kappa shape index (κ1) is 15.3. The molecule has 4 heteroatoms. The summed E-state index contributed by atoms with van der Waals surface area (Å²) in [5.41, 5.74) is 5.00. The normalized spacial score (nSPS) is 18.5. The Morgan fingerprint density at radius 1 is 1.22 bits per heavy atom. The van der Waals surface area contributed by atoms with Crippen molar-refractivity contribution in [2.24, 2.45) is 5.73 Å². The van der Waals surface area contributed by atoms with Gasteiger partial charge in [0.15, 0.2) is 0 Å². The zero-order valence-corrected chi connectivity index (χ0v) is 11.7. The van der Waals surface area contributed by atoms with Gasteiger partial charge in [-0.05, 0) is 38.8 Å². The van der Waals surface area contributed by atoms with Gasteiger partial charge in [0.25, 0.3) is 0 Å². The number of amides is 1. The Hall–Kier alpha value is -0.770. The van der Waals surface area contributed by atoms with E-state index in [1.54, 1.807) is 0 Å². The molecule has 1 rings (SSSR count). The molecule has 2 N–H and O–H groups in total. The summed E-state index contributed by atoms with van der Waals surface area (Å²) in [7, 11) is 0. The number of ether oxygens (including phenoxy) is 1. The third-order valence-corrected chi connectivity index (χ3v) is 3.74. The molecule has 0 radical (unpaired) electrons. The highest BCUT2D eigenvalue weighted by atomic mass is 16.5. The maximum Gasteiger partial charge on any atom is 0.404 e. The monoisotopic (exact) mass is 256 g/mol. The summed E-state index contributed by atoms with van der Waals surface area (Å²) >= 11 is 0. The van der Waals surface area contributed by atoms with Crippen LogP contribution in [0, 0.1) is 0 Å². The van der Waals surface area contributed by atoms with Crippen molar-refractivity contribution >= 4 is 6.09 Å². The van der Waals surface area contributed by atoms with Crippen LogP contribution in [0.3, 0.4) is 0 Å². The van der Waals surface area contributed by atoms with Gasteiger partial charge in [0.1, 0.15) is 0 Å².